The molecule has 4 nitrogen and oxygen atoms in total. The Morgan fingerprint density at radius 2 is 2.25 bits per heavy atom. The molecule has 0 radical (unpaired) electrons. The highest BCUT2D eigenvalue weighted by molar-refractivity contribution is 7.99. The molecular formula is C10H18N4S2. The van der Waals surface area contributed by atoms with Crippen LogP contribution in [0.3, 0.4) is 0 Å². The first kappa shape index (κ1) is 12.0. The minimum absolute atomic E-state index is 0.532. The quantitative estimate of drug-likeness (QED) is 0.816. The molecule has 0 aliphatic carbocycles. The number of anilines is 2. The maximum absolute atomic E-state index is 5.87. The van der Waals surface area contributed by atoms with Crippen LogP contribution < -0.4 is 10.6 Å². The van der Waals surface area contributed by atoms with Crippen LogP contribution in [0.2, 0.25) is 0 Å². The van der Waals surface area contributed by atoms with E-state index in [0.717, 1.165) is 24.5 Å². The predicted octanol–water partition coefficient (Wildman–Crippen LogP) is 1.59. The van der Waals surface area contributed by atoms with Crippen molar-refractivity contribution in [2.45, 2.75) is 17.9 Å². The lowest BCUT2D eigenvalue weighted by atomic mass is 10.2. The summed E-state index contributed by atoms with van der Waals surface area (Å²) >= 11 is 3.22. The van der Waals surface area contributed by atoms with Gasteiger partial charge in [0.15, 0.2) is 5.82 Å². The fourth-order valence-electron chi connectivity index (χ4n) is 2.10. The van der Waals surface area contributed by atoms with E-state index in [2.05, 4.69) is 34.4 Å². The average Bonchev–Trinajstić information content (AvgIpc) is 2.59. The molecule has 1 aromatic heterocycles. The van der Waals surface area contributed by atoms with Crippen LogP contribution in [-0.2, 0) is 0 Å². The highest BCUT2D eigenvalue weighted by atomic mass is 32.2. The Hall–Kier alpha value is -0.460. The fourth-order valence-corrected chi connectivity index (χ4v) is 3.91. The van der Waals surface area contributed by atoms with Crippen molar-refractivity contribution in [1.82, 2.24) is 9.27 Å². The zero-order valence-corrected chi connectivity index (χ0v) is 11.6. The predicted molar refractivity (Wildman–Crippen MR) is 72.6 cm³/mol. The van der Waals surface area contributed by atoms with Gasteiger partial charge in [-0.15, -0.1) is 11.8 Å². The van der Waals surface area contributed by atoms with E-state index in [1.54, 1.807) is 11.8 Å². The fraction of sp³-hybridized carbons (Fsp3) is 0.700. The summed E-state index contributed by atoms with van der Waals surface area (Å²) in [4.78, 5) is 5.94. The van der Waals surface area contributed by atoms with Gasteiger partial charge in [-0.1, -0.05) is 0 Å². The van der Waals surface area contributed by atoms with E-state index < -0.39 is 0 Å². The molecule has 90 valence electrons. The summed E-state index contributed by atoms with van der Waals surface area (Å²) in [5.74, 6) is 0.679. The molecule has 16 heavy (non-hydrogen) atoms. The third kappa shape index (κ3) is 2.14. The third-order valence-corrected chi connectivity index (χ3v) is 4.79. The highest BCUT2D eigenvalue weighted by Gasteiger charge is 2.26. The molecule has 6 heteroatoms. The van der Waals surface area contributed by atoms with Crippen LogP contribution in [0.15, 0.2) is 4.90 Å². The average molecular weight is 258 g/mol. The number of hydrogen-bond acceptors (Lipinski definition) is 6. The second-order valence-corrected chi connectivity index (χ2v) is 5.78. The van der Waals surface area contributed by atoms with E-state index in [-0.39, 0.29) is 0 Å². The van der Waals surface area contributed by atoms with Crippen molar-refractivity contribution in [3.63, 3.8) is 0 Å². The minimum Gasteiger partial charge on any atom is -0.382 e. The Morgan fingerprint density at radius 3 is 2.88 bits per heavy atom. The van der Waals surface area contributed by atoms with Gasteiger partial charge in [-0.25, -0.2) is 0 Å². The number of hydrogen-bond donors (Lipinski definition) is 1. The molecule has 0 amide bonds. The Kier molecular flexibility index (Phi) is 3.61. The van der Waals surface area contributed by atoms with Crippen LogP contribution in [0.1, 0.15) is 6.92 Å². The number of aromatic nitrogens is 1. The first-order valence-electron chi connectivity index (χ1n) is 5.37. The van der Waals surface area contributed by atoms with Crippen molar-refractivity contribution in [1.29, 1.82) is 0 Å². The van der Waals surface area contributed by atoms with Gasteiger partial charge in [0.2, 0.25) is 0 Å². The molecule has 2 rings (SSSR count). The first-order chi connectivity index (χ1) is 7.63. The lowest BCUT2D eigenvalue weighted by Crippen LogP contribution is -2.50. The smallest absolute Gasteiger partial charge is 0.153 e. The standard InChI is InChI=1S/C10H18N4S2/c1-7-6-13(2)4-5-14(7)10-8(15-3)9(11)12-16-10/h7H,4-6H2,1-3H3,(H2,11,12). The van der Waals surface area contributed by atoms with Gasteiger partial charge >= 0.3 is 0 Å². The number of rotatable bonds is 2. The van der Waals surface area contributed by atoms with Gasteiger partial charge in [-0.3, -0.25) is 0 Å². The van der Waals surface area contributed by atoms with Crippen LogP contribution in [0, 0.1) is 0 Å². The van der Waals surface area contributed by atoms with Gasteiger partial charge in [0.25, 0.3) is 0 Å². The van der Waals surface area contributed by atoms with E-state index in [0.29, 0.717) is 11.9 Å². The normalized spacial score (nSPS) is 22.7. The number of nitrogens with zero attached hydrogens (tertiary/aromatic N) is 3. The second-order valence-electron chi connectivity index (χ2n) is 4.21. The van der Waals surface area contributed by atoms with E-state index >= 15 is 0 Å². The van der Waals surface area contributed by atoms with Crippen LogP contribution in [0.5, 0.6) is 0 Å². The maximum Gasteiger partial charge on any atom is 0.153 e. The summed E-state index contributed by atoms with van der Waals surface area (Å²) in [6.45, 7) is 5.53. The summed E-state index contributed by atoms with van der Waals surface area (Å²) in [6.07, 6.45) is 2.06. The Balaban J connectivity index is 2.23. The maximum atomic E-state index is 5.87. The van der Waals surface area contributed by atoms with Crippen molar-refractivity contribution in [2.24, 2.45) is 0 Å². The number of nitrogen functional groups attached to an aromatic ring is 1. The lowest BCUT2D eigenvalue weighted by Gasteiger charge is -2.39. The molecule has 0 aromatic carbocycles. The monoisotopic (exact) mass is 258 g/mol. The summed E-state index contributed by atoms with van der Waals surface area (Å²) in [7, 11) is 2.17. The molecule has 1 saturated heterocycles. The summed E-state index contributed by atoms with van der Waals surface area (Å²) in [5.41, 5.74) is 5.87. The zero-order valence-electron chi connectivity index (χ0n) is 9.93. The van der Waals surface area contributed by atoms with Gasteiger partial charge in [-0.05, 0) is 31.8 Å². The molecule has 1 aliphatic rings. The Bertz CT molecular complexity index is 366. The molecule has 1 aliphatic heterocycles. The molecule has 1 fully saturated rings. The molecular weight excluding hydrogens is 240 g/mol. The summed E-state index contributed by atoms with van der Waals surface area (Å²) < 4.78 is 4.26. The number of piperazine rings is 1. The van der Waals surface area contributed by atoms with Crippen LogP contribution >= 0.6 is 23.3 Å². The molecule has 1 aromatic rings. The second kappa shape index (κ2) is 4.81. The van der Waals surface area contributed by atoms with Crippen LogP contribution in [0.25, 0.3) is 0 Å². The van der Waals surface area contributed by atoms with Crippen molar-refractivity contribution >= 4 is 34.1 Å². The van der Waals surface area contributed by atoms with E-state index in [9.17, 15) is 0 Å². The highest BCUT2D eigenvalue weighted by Crippen LogP contribution is 2.38. The topological polar surface area (TPSA) is 45.4 Å². The molecule has 2 N–H and O–H groups in total. The first-order valence-corrected chi connectivity index (χ1v) is 7.37. The van der Waals surface area contributed by atoms with E-state index in [4.69, 9.17) is 5.73 Å². The molecule has 1 atom stereocenters. The van der Waals surface area contributed by atoms with E-state index in [1.807, 2.05) is 0 Å². The van der Waals surface area contributed by atoms with Gasteiger partial charge in [0, 0.05) is 25.7 Å². The summed E-state index contributed by atoms with van der Waals surface area (Å²) in [5, 5.41) is 1.24. The molecule has 0 saturated carbocycles. The van der Waals surface area contributed by atoms with Gasteiger partial charge in [0.05, 0.1) is 4.90 Å². The number of thioether (sulfide) groups is 1. The number of nitrogens with two attached hydrogens (primary N) is 1. The Morgan fingerprint density at radius 1 is 1.50 bits per heavy atom. The van der Waals surface area contributed by atoms with Gasteiger partial charge in [0.1, 0.15) is 5.00 Å². The van der Waals surface area contributed by atoms with Crippen molar-refractivity contribution in [3.05, 3.63) is 0 Å². The van der Waals surface area contributed by atoms with E-state index in [1.165, 1.54) is 16.5 Å². The van der Waals surface area contributed by atoms with Crippen molar-refractivity contribution in [2.75, 3.05) is 43.6 Å². The SMILES string of the molecule is CSc1c(N)nsc1N1CCN(C)CC1C. The molecule has 0 spiro atoms. The van der Waals surface area contributed by atoms with Gasteiger partial charge < -0.3 is 15.5 Å². The van der Waals surface area contributed by atoms with Crippen LogP contribution in [0.4, 0.5) is 10.8 Å². The molecule has 1 unspecified atom stereocenters. The van der Waals surface area contributed by atoms with Gasteiger partial charge in [-0.2, -0.15) is 4.37 Å². The van der Waals surface area contributed by atoms with Crippen molar-refractivity contribution < 1.29 is 0 Å². The Labute approximate surface area is 105 Å². The zero-order chi connectivity index (χ0) is 11.7. The third-order valence-electron chi connectivity index (χ3n) is 2.95. The number of likely N-dealkylation sites (N-methyl/N-ethyl adjacent to an activating group) is 1. The van der Waals surface area contributed by atoms with Crippen molar-refractivity contribution in [3.8, 4) is 0 Å². The minimum atomic E-state index is 0.532. The van der Waals surface area contributed by atoms with Crippen LogP contribution in [-0.4, -0.2) is 48.3 Å². The molecule has 0 bridgehead atoms. The summed E-state index contributed by atoms with van der Waals surface area (Å²) in [6, 6.07) is 0.532. The largest absolute Gasteiger partial charge is 0.382 e. The lowest BCUT2D eigenvalue weighted by molar-refractivity contribution is 0.276. The molecule has 2 heterocycles.